The number of hydrogen-bond donors (Lipinski definition) is 2. The summed E-state index contributed by atoms with van der Waals surface area (Å²) in [5.41, 5.74) is 2.25. The van der Waals surface area contributed by atoms with E-state index in [1.807, 2.05) is 38.9 Å². The Morgan fingerprint density at radius 2 is 2.00 bits per heavy atom. The molecule has 2 aliphatic rings. The molecule has 0 radical (unpaired) electrons. The zero-order valence-corrected chi connectivity index (χ0v) is 18.3. The van der Waals surface area contributed by atoms with E-state index in [-0.39, 0.29) is 36.8 Å². The van der Waals surface area contributed by atoms with Crippen molar-refractivity contribution in [1.29, 1.82) is 0 Å². The van der Waals surface area contributed by atoms with Crippen molar-refractivity contribution in [1.82, 2.24) is 19.7 Å². The van der Waals surface area contributed by atoms with Crippen LogP contribution in [0, 0.1) is 12.8 Å². The molecule has 2 aromatic heterocycles. The van der Waals surface area contributed by atoms with Crippen molar-refractivity contribution in [2.75, 3.05) is 22.6 Å². The number of hydrogen-bond acceptors (Lipinski definition) is 6. The van der Waals surface area contributed by atoms with Gasteiger partial charge in [-0.1, -0.05) is 13.8 Å². The molecule has 0 saturated heterocycles. The molecule has 10 heteroatoms. The first-order chi connectivity index (χ1) is 14.6. The van der Waals surface area contributed by atoms with Crippen LogP contribution in [0.5, 0.6) is 0 Å². The van der Waals surface area contributed by atoms with E-state index in [0.717, 1.165) is 5.56 Å². The fourth-order valence-corrected chi connectivity index (χ4v) is 4.43. The predicted molar refractivity (Wildman–Crippen MR) is 114 cm³/mol. The van der Waals surface area contributed by atoms with Crippen LogP contribution in [0.3, 0.4) is 0 Å². The van der Waals surface area contributed by atoms with Crippen LogP contribution >= 0.6 is 0 Å². The first-order valence-corrected chi connectivity index (χ1v) is 10.7. The molecule has 8 nitrogen and oxygen atoms in total. The van der Waals surface area contributed by atoms with Crippen molar-refractivity contribution >= 4 is 23.4 Å². The lowest BCUT2D eigenvalue weighted by molar-refractivity contribution is -0.118. The van der Waals surface area contributed by atoms with Crippen LogP contribution in [0.4, 0.5) is 26.2 Å². The average molecular weight is 434 g/mol. The number of rotatable bonds is 5. The summed E-state index contributed by atoms with van der Waals surface area (Å²) in [5, 5.41) is 10.5. The van der Waals surface area contributed by atoms with Crippen LogP contribution in [-0.2, 0) is 11.3 Å². The maximum Gasteiger partial charge on any atom is 0.248 e. The summed E-state index contributed by atoms with van der Waals surface area (Å²) in [4.78, 5) is 23.5. The van der Waals surface area contributed by atoms with Crippen LogP contribution in [0.2, 0.25) is 0 Å². The Morgan fingerprint density at radius 3 is 2.68 bits per heavy atom. The number of amides is 1. The Kier molecular flexibility index (Phi) is 5.57. The number of aryl methyl sites for hydroxylation is 1. The number of anilines is 3. The Morgan fingerprint density at radius 1 is 1.29 bits per heavy atom. The van der Waals surface area contributed by atoms with Gasteiger partial charge in [0.1, 0.15) is 11.7 Å². The molecule has 1 aliphatic heterocycles. The van der Waals surface area contributed by atoms with Gasteiger partial charge in [-0.05, 0) is 25.7 Å². The zero-order chi connectivity index (χ0) is 22.3. The van der Waals surface area contributed by atoms with Crippen LogP contribution < -0.4 is 15.5 Å². The quantitative estimate of drug-likeness (QED) is 0.747. The molecule has 1 saturated carbocycles. The molecular formula is C21H29F2N7O. The van der Waals surface area contributed by atoms with E-state index in [9.17, 15) is 13.6 Å². The minimum Gasteiger partial charge on any atom is -0.350 e. The molecule has 1 fully saturated rings. The summed E-state index contributed by atoms with van der Waals surface area (Å²) in [6.45, 7) is 6.31. The smallest absolute Gasteiger partial charge is 0.248 e. The molecule has 2 aromatic rings. The topological polar surface area (TPSA) is 88.0 Å². The fourth-order valence-electron chi connectivity index (χ4n) is 4.43. The summed E-state index contributed by atoms with van der Waals surface area (Å²) < 4.78 is 28.6. The van der Waals surface area contributed by atoms with Crippen LogP contribution in [0.1, 0.15) is 56.8 Å². The molecule has 1 unspecified atom stereocenters. The number of nitrogens with zero attached hydrogens (tertiary/aromatic N) is 5. The number of likely N-dealkylation sites (N-methyl/N-ethyl adjacent to an activating group) is 1. The van der Waals surface area contributed by atoms with Crippen molar-refractivity contribution in [2.45, 2.75) is 71.0 Å². The van der Waals surface area contributed by atoms with Gasteiger partial charge in [-0.15, -0.1) is 0 Å². The van der Waals surface area contributed by atoms with Crippen LogP contribution in [-0.4, -0.2) is 44.7 Å². The normalized spacial score (nSPS) is 21.2. The van der Waals surface area contributed by atoms with Crippen molar-refractivity contribution in [3.8, 4) is 0 Å². The van der Waals surface area contributed by atoms with Crippen molar-refractivity contribution in [3.63, 3.8) is 0 Å². The number of aromatic nitrogens is 4. The summed E-state index contributed by atoms with van der Waals surface area (Å²) in [5.74, 6) is -1.31. The summed E-state index contributed by atoms with van der Waals surface area (Å²) in [6.07, 6.45) is 4.33. The molecule has 1 atom stereocenters. The third-order valence-corrected chi connectivity index (χ3v) is 6.14. The van der Waals surface area contributed by atoms with Gasteiger partial charge in [0.05, 0.1) is 17.9 Å². The minimum atomic E-state index is -2.54. The Balaban J connectivity index is 1.45. The highest BCUT2D eigenvalue weighted by Gasteiger charge is 2.36. The van der Waals surface area contributed by atoms with Gasteiger partial charge in [-0.2, -0.15) is 10.1 Å². The Labute approximate surface area is 180 Å². The van der Waals surface area contributed by atoms with Gasteiger partial charge in [0.2, 0.25) is 17.8 Å². The van der Waals surface area contributed by atoms with Crippen molar-refractivity contribution < 1.29 is 13.6 Å². The van der Waals surface area contributed by atoms with E-state index in [4.69, 9.17) is 0 Å². The molecular weight excluding hydrogens is 404 g/mol. The molecule has 1 aliphatic carbocycles. The van der Waals surface area contributed by atoms with E-state index >= 15 is 0 Å². The third-order valence-electron chi connectivity index (χ3n) is 6.14. The highest BCUT2D eigenvalue weighted by atomic mass is 19.3. The number of carbonyl (C=O) groups excluding carboxylic acids is 1. The predicted octanol–water partition coefficient (Wildman–Crippen LogP) is 3.76. The lowest BCUT2D eigenvalue weighted by Gasteiger charge is -2.36. The third kappa shape index (κ3) is 4.33. The Bertz CT molecular complexity index is 965. The van der Waals surface area contributed by atoms with E-state index in [1.54, 1.807) is 10.9 Å². The average Bonchev–Trinajstić information content (AvgIpc) is 3.16. The molecule has 4 rings (SSSR count). The summed E-state index contributed by atoms with van der Waals surface area (Å²) in [7, 11) is 1.87. The van der Waals surface area contributed by atoms with E-state index in [1.165, 1.54) is 0 Å². The van der Waals surface area contributed by atoms with Gasteiger partial charge in [0.25, 0.3) is 0 Å². The monoisotopic (exact) mass is 433 g/mol. The highest BCUT2D eigenvalue weighted by Crippen LogP contribution is 2.38. The molecule has 2 N–H and O–H groups in total. The number of fused-ring (bicyclic) bond motifs is 1. The highest BCUT2D eigenvalue weighted by molar-refractivity contribution is 6.03. The van der Waals surface area contributed by atoms with Crippen molar-refractivity contribution in [3.05, 3.63) is 23.7 Å². The summed E-state index contributed by atoms with van der Waals surface area (Å²) >= 11 is 0. The van der Waals surface area contributed by atoms with Gasteiger partial charge in [0, 0.05) is 38.2 Å². The SMILES string of the molecule is Cc1nc(NCc2cnn(C3CCC(F)(F)CC3)c2)nc2c1NC(=O)C(C(C)C)N2C. The van der Waals surface area contributed by atoms with Crippen LogP contribution in [0.25, 0.3) is 0 Å². The maximum absolute atomic E-state index is 13.4. The lowest BCUT2D eigenvalue weighted by atomic mass is 9.92. The number of halogens is 2. The molecule has 0 spiro atoms. The first-order valence-electron chi connectivity index (χ1n) is 10.7. The Hall–Kier alpha value is -2.78. The number of alkyl halides is 2. The van der Waals surface area contributed by atoms with Gasteiger partial charge in [-0.25, -0.2) is 13.8 Å². The van der Waals surface area contributed by atoms with Crippen LogP contribution in [0.15, 0.2) is 12.4 Å². The molecule has 31 heavy (non-hydrogen) atoms. The molecule has 1 amide bonds. The maximum atomic E-state index is 13.4. The minimum absolute atomic E-state index is 0.0147. The lowest BCUT2D eigenvalue weighted by Crippen LogP contribution is -2.49. The van der Waals surface area contributed by atoms with E-state index in [0.29, 0.717) is 42.5 Å². The van der Waals surface area contributed by atoms with Gasteiger partial charge >= 0.3 is 0 Å². The first kappa shape index (κ1) is 21.5. The second-order valence-corrected chi connectivity index (χ2v) is 8.89. The van der Waals surface area contributed by atoms with E-state index < -0.39 is 5.92 Å². The van der Waals surface area contributed by atoms with Gasteiger partial charge < -0.3 is 15.5 Å². The fraction of sp³-hybridized carbons (Fsp3) is 0.619. The second-order valence-electron chi connectivity index (χ2n) is 8.89. The number of nitrogens with one attached hydrogen (secondary N) is 2. The molecule has 168 valence electrons. The molecule has 0 bridgehead atoms. The summed E-state index contributed by atoms with van der Waals surface area (Å²) in [6, 6.07) is -0.281. The van der Waals surface area contributed by atoms with E-state index in [2.05, 4.69) is 25.7 Å². The zero-order valence-electron chi connectivity index (χ0n) is 18.3. The number of carbonyl (C=O) groups is 1. The molecule has 0 aromatic carbocycles. The van der Waals surface area contributed by atoms with Gasteiger partial charge in [-0.3, -0.25) is 9.48 Å². The molecule has 3 heterocycles. The largest absolute Gasteiger partial charge is 0.350 e. The standard InChI is InChI=1S/C21H29F2N7O/c1-12(2)17-19(31)27-16-13(3)26-20(28-18(16)29(17)4)24-9-14-10-25-30(11-14)15-5-7-21(22,23)8-6-15/h10-12,15,17H,5-9H2,1-4H3,(H,27,31)(H,24,26,28). The second kappa shape index (κ2) is 8.05. The van der Waals surface area contributed by atoms with Crippen molar-refractivity contribution in [2.24, 2.45) is 5.92 Å². The van der Waals surface area contributed by atoms with Gasteiger partial charge in [0.15, 0.2) is 5.82 Å².